The Kier molecular flexibility index (Phi) is 3.23. The number of hydrogen-bond donors (Lipinski definition) is 2. The molecule has 0 fully saturated rings. The highest BCUT2D eigenvalue weighted by Gasteiger charge is 2.14. The van der Waals surface area contributed by atoms with Gasteiger partial charge < -0.3 is 15.4 Å². The highest BCUT2D eigenvalue weighted by atomic mass is 16.5. The third-order valence-electron chi connectivity index (χ3n) is 2.14. The number of aliphatic hydroxyl groups excluding tert-OH is 1. The van der Waals surface area contributed by atoms with Gasteiger partial charge in [-0.25, -0.2) is 0 Å². The van der Waals surface area contributed by atoms with Crippen molar-refractivity contribution in [3.8, 4) is 11.4 Å². The van der Waals surface area contributed by atoms with Gasteiger partial charge in [0.15, 0.2) is 0 Å². The van der Waals surface area contributed by atoms with Crippen molar-refractivity contribution in [3.63, 3.8) is 0 Å². The first kappa shape index (κ1) is 10.7. The van der Waals surface area contributed by atoms with Gasteiger partial charge in [0.2, 0.25) is 11.7 Å². The van der Waals surface area contributed by atoms with E-state index in [0.717, 1.165) is 5.56 Å². The van der Waals surface area contributed by atoms with Crippen molar-refractivity contribution in [1.29, 1.82) is 0 Å². The van der Waals surface area contributed by atoms with E-state index in [2.05, 4.69) is 15.1 Å². The van der Waals surface area contributed by atoms with Crippen LogP contribution in [0.4, 0.5) is 0 Å². The summed E-state index contributed by atoms with van der Waals surface area (Å²) >= 11 is 0. The van der Waals surface area contributed by atoms with Crippen molar-refractivity contribution in [1.82, 2.24) is 15.1 Å². The van der Waals surface area contributed by atoms with Gasteiger partial charge in [0.05, 0.1) is 6.04 Å². The maximum atomic E-state index is 8.74. The lowest BCUT2D eigenvalue weighted by molar-refractivity contribution is 0.259. The molecule has 1 atom stereocenters. The lowest BCUT2D eigenvalue weighted by Crippen LogP contribution is -2.12. The first-order chi connectivity index (χ1) is 7.81. The quantitative estimate of drug-likeness (QED) is 0.779. The molecule has 2 heterocycles. The van der Waals surface area contributed by atoms with E-state index in [1.807, 2.05) is 0 Å². The van der Waals surface area contributed by atoms with Gasteiger partial charge in [-0.3, -0.25) is 4.98 Å². The molecular formula is C10H12N4O2. The van der Waals surface area contributed by atoms with Gasteiger partial charge in [-0.2, -0.15) is 4.98 Å². The zero-order chi connectivity index (χ0) is 11.4. The zero-order valence-electron chi connectivity index (χ0n) is 8.58. The van der Waals surface area contributed by atoms with Crippen LogP contribution in [0.1, 0.15) is 18.4 Å². The highest BCUT2D eigenvalue weighted by Crippen LogP contribution is 2.17. The predicted molar refractivity (Wildman–Crippen MR) is 56.2 cm³/mol. The summed E-state index contributed by atoms with van der Waals surface area (Å²) in [6, 6.07) is 3.14. The van der Waals surface area contributed by atoms with E-state index in [0.29, 0.717) is 18.1 Å². The van der Waals surface area contributed by atoms with Crippen molar-refractivity contribution in [2.24, 2.45) is 5.73 Å². The minimum Gasteiger partial charge on any atom is -0.396 e. The van der Waals surface area contributed by atoms with Crippen molar-refractivity contribution < 1.29 is 9.63 Å². The lowest BCUT2D eigenvalue weighted by Gasteiger charge is -2.01. The van der Waals surface area contributed by atoms with Crippen LogP contribution in [0.25, 0.3) is 11.4 Å². The van der Waals surface area contributed by atoms with E-state index in [9.17, 15) is 0 Å². The van der Waals surface area contributed by atoms with Crippen LogP contribution in [-0.2, 0) is 0 Å². The Bertz CT molecular complexity index is 443. The molecule has 0 aliphatic heterocycles. The fourth-order valence-electron chi connectivity index (χ4n) is 1.27. The number of aromatic nitrogens is 3. The minimum atomic E-state index is -0.423. The number of aliphatic hydroxyl groups is 1. The Morgan fingerprint density at radius 3 is 2.81 bits per heavy atom. The topological polar surface area (TPSA) is 98.1 Å². The molecule has 0 aliphatic rings. The summed E-state index contributed by atoms with van der Waals surface area (Å²) in [6.45, 7) is -0.00582. The molecular weight excluding hydrogens is 208 g/mol. The van der Waals surface area contributed by atoms with Crippen molar-refractivity contribution >= 4 is 0 Å². The van der Waals surface area contributed by atoms with E-state index in [4.69, 9.17) is 15.4 Å². The van der Waals surface area contributed by atoms with Gasteiger partial charge in [0, 0.05) is 24.6 Å². The molecule has 2 aromatic rings. The lowest BCUT2D eigenvalue weighted by atomic mass is 10.2. The predicted octanol–water partition coefficient (Wildman–Crippen LogP) is 0.514. The fourth-order valence-corrected chi connectivity index (χ4v) is 1.27. The Balaban J connectivity index is 2.20. The summed E-state index contributed by atoms with van der Waals surface area (Å²) < 4.78 is 5.02. The summed E-state index contributed by atoms with van der Waals surface area (Å²) in [5.41, 5.74) is 6.55. The molecule has 0 saturated heterocycles. The molecule has 0 aliphatic carbocycles. The molecule has 0 aromatic carbocycles. The molecule has 1 unspecified atom stereocenters. The molecule has 6 heteroatoms. The molecule has 84 valence electrons. The van der Waals surface area contributed by atoms with Crippen LogP contribution < -0.4 is 5.73 Å². The molecule has 16 heavy (non-hydrogen) atoms. The first-order valence-electron chi connectivity index (χ1n) is 4.91. The van der Waals surface area contributed by atoms with Crippen molar-refractivity contribution in [2.75, 3.05) is 6.61 Å². The maximum absolute atomic E-state index is 8.74. The van der Waals surface area contributed by atoms with E-state index < -0.39 is 6.04 Å². The van der Waals surface area contributed by atoms with Crippen LogP contribution in [0, 0.1) is 0 Å². The van der Waals surface area contributed by atoms with Crippen LogP contribution in [0.3, 0.4) is 0 Å². The Morgan fingerprint density at radius 1 is 1.38 bits per heavy atom. The smallest absolute Gasteiger partial charge is 0.243 e. The number of hydrogen-bond acceptors (Lipinski definition) is 6. The van der Waals surface area contributed by atoms with Crippen LogP contribution in [-0.4, -0.2) is 26.8 Å². The Morgan fingerprint density at radius 2 is 2.12 bits per heavy atom. The largest absolute Gasteiger partial charge is 0.396 e. The minimum absolute atomic E-state index is 0.00582. The average molecular weight is 220 g/mol. The number of rotatable bonds is 4. The van der Waals surface area contributed by atoms with Gasteiger partial charge in [0.25, 0.3) is 0 Å². The fraction of sp³-hybridized carbons (Fsp3) is 0.300. The number of pyridine rings is 1. The molecule has 2 aromatic heterocycles. The van der Waals surface area contributed by atoms with E-state index in [1.54, 1.807) is 24.5 Å². The van der Waals surface area contributed by atoms with Crippen LogP contribution in [0.15, 0.2) is 29.0 Å². The summed E-state index contributed by atoms with van der Waals surface area (Å²) in [5, 5.41) is 12.6. The third kappa shape index (κ3) is 2.23. The molecule has 0 radical (unpaired) electrons. The van der Waals surface area contributed by atoms with Gasteiger partial charge >= 0.3 is 0 Å². The second kappa shape index (κ2) is 4.82. The second-order valence-corrected chi connectivity index (χ2v) is 3.31. The summed E-state index contributed by atoms with van der Waals surface area (Å²) in [4.78, 5) is 8.06. The van der Waals surface area contributed by atoms with Crippen LogP contribution >= 0.6 is 0 Å². The highest BCUT2D eigenvalue weighted by molar-refractivity contribution is 5.52. The van der Waals surface area contributed by atoms with Crippen molar-refractivity contribution in [3.05, 3.63) is 30.4 Å². The Hall–Kier alpha value is -1.79. The molecule has 0 bridgehead atoms. The van der Waals surface area contributed by atoms with E-state index in [1.165, 1.54) is 0 Å². The van der Waals surface area contributed by atoms with Gasteiger partial charge in [-0.1, -0.05) is 5.16 Å². The standard InChI is InChI=1S/C10H12N4O2/c11-8(3-6-15)10-13-9(14-16-10)7-1-4-12-5-2-7/h1-2,4-5,8,15H,3,6,11H2. The average Bonchev–Trinajstić information content (AvgIpc) is 2.80. The molecule has 0 spiro atoms. The van der Waals surface area contributed by atoms with Gasteiger partial charge in [0.1, 0.15) is 0 Å². The molecule has 6 nitrogen and oxygen atoms in total. The van der Waals surface area contributed by atoms with E-state index in [-0.39, 0.29) is 6.61 Å². The molecule has 0 saturated carbocycles. The summed E-state index contributed by atoms with van der Waals surface area (Å²) in [6.07, 6.45) is 3.70. The number of nitrogens with two attached hydrogens (primary N) is 1. The zero-order valence-corrected chi connectivity index (χ0v) is 8.58. The molecule has 3 N–H and O–H groups in total. The molecule has 2 rings (SSSR count). The van der Waals surface area contributed by atoms with Crippen molar-refractivity contribution in [2.45, 2.75) is 12.5 Å². The maximum Gasteiger partial charge on any atom is 0.243 e. The number of nitrogens with zero attached hydrogens (tertiary/aromatic N) is 3. The van der Waals surface area contributed by atoms with Gasteiger partial charge in [-0.15, -0.1) is 0 Å². The Labute approximate surface area is 92.1 Å². The first-order valence-corrected chi connectivity index (χ1v) is 4.91. The van der Waals surface area contributed by atoms with E-state index >= 15 is 0 Å². The third-order valence-corrected chi connectivity index (χ3v) is 2.14. The van der Waals surface area contributed by atoms with Crippen LogP contribution in [0.2, 0.25) is 0 Å². The summed E-state index contributed by atoms with van der Waals surface area (Å²) in [5.74, 6) is 0.812. The summed E-state index contributed by atoms with van der Waals surface area (Å²) in [7, 11) is 0. The molecule has 0 amide bonds. The normalized spacial score (nSPS) is 12.6. The van der Waals surface area contributed by atoms with Gasteiger partial charge in [-0.05, 0) is 18.6 Å². The monoisotopic (exact) mass is 220 g/mol. The second-order valence-electron chi connectivity index (χ2n) is 3.31. The van der Waals surface area contributed by atoms with Crippen LogP contribution in [0.5, 0.6) is 0 Å². The SMILES string of the molecule is NC(CCO)c1nc(-c2ccncc2)no1.